The van der Waals surface area contributed by atoms with Crippen LogP contribution in [0, 0.1) is 0 Å². The molecule has 88 valence electrons. The molecule has 0 heterocycles. The van der Waals surface area contributed by atoms with E-state index in [0.717, 1.165) is 32.1 Å². The first-order chi connectivity index (χ1) is 7.27. The number of rotatable bonds is 2. The molecule has 2 saturated carbocycles. The second kappa shape index (κ2) is 5.28. The van der Waals surface area contributed by atoms with Crippen molar-refractivity contribution in [2.75, 3.05) is 0 Å². The molecule has 0 aromatic heterocycles. The van der Waals surface area contributed by atoms with Gasteiger partial charge in [0.15, 0.2) is 0 Å². The SMILES string of the molecule is NC1CCCC1OC1CCCCCC1O. The summed E-state index contributed by atoms with van der Waals surface area (Å²) in [7, 11) is 0. The van der Waals surface area contributed by atoms with Gasteiger partial charge in [-0.15, -0.1) is 0 Å². The van der Waals surface area contributed by atoms with Gasteiger partial charge >= 0.3 is 0 Å². The summed E-state index contributed by atoms with van der Waals surface area (Å²) in [6.07, 6.45) is 8.75. The molecular formula is C12H23NO2. The summed E-state index contributed by atoms with van der Waals surface area (Å²) in [5, 5.41) is 9.93. The molecule has 3 N–H and O–H groups in total. The largest absolute Gasteiger partial charge is 0.390 e. The maximum Gasteiger partial charge on any atom is 0.0838 e. The summed E-state index contributed by atoms with van der Waals surface area (Å²) in [4.78, 5) is 0. The molecule has 0 bridgehead atoms. The zero-order chi connectivity index (χ0) is 10.7. The normalized spacial score (nSPS) is 42.8. The number of hydrogen-bond donors (Lipinski definition) is 2. The summed E-state index contributed by atoms with van der Waals surface area (Å²) in [5.41, 5.74) is 5.97. The van der Waals surface area contributed by atoms with Crippen LogP contribution in [0.15, 0.2) is 0 Å². The van der Waals surface area contributed by atoms with E-state index in [2.05, 4.69) is 0 Å². The number of aliphatic hydroxyl groups excluding tert-OH is 1. The van der Waals surface area contributed by atoms with Gasteiger partial charge in [0, 0.05) is 6.04 Å². The summed E-state index contributed by atoms with van der Waals surface area (Å²) in [6.45, 7) is 0. The summed E-state index contributed by atoms with van der Waals surface area (Å²) < 4.78 is 5.98. The van der Waals surface area contributed by atoms with Crippen LogP contribution in [0.5, 0.6) is 0 Å². The van der Waals surface area contributed by atoms with Gasteiger partial charge in [-0.3, -0.25) is 0 Å². The van der Waals surface area contributed by atoms with Crippen molar-refractivity contribution in [2.24, 2.45) is 5.73 Å². The second-order valence-corrected chi connectivity index (χ2v) is 5.01. The standard InChI is InChI=1S/C12H23NO2/c13-9-5-4-8-11(9)15-12-7-3-1-2-6-10(12)14/h9-12,14H,1-8,13H2. The van der Waals surface area contributed by atoms with Gasteiger partial charge in [-0.1, -0.05) is 19.3 Å². The molecule has 15 heavy (non-hydrogen) atoms. The zero-order valence-corrected chi connectivity index (χ0v) is 9.40. The zero-order valence-electron chi connectivity index (χ0n) is 9.40. The molecule has 0 amide bonds. The predicted octanol–water partition coefficient (Wildman–Crippen LogP) is 1.58. The van der Waals surface area contributed by atoms with Crippen molar-refractivity contribution in [2.45, 2.75) is 75.7 Å². The van der Waals surface area contributed by atoms with Crippen molar-refractivity contribution in [1.82, 2.24) is 0 Å². The van der Waals surface area contributed by atoms with Gasteiger partial charge in [0.05, 0.1) is 18.3 Å². The number of ether oxygens (including phenoxy) is 1. The fourth-order valence-corrected chi connectivity index (χ4v) is 2.76. The van der Waals surface area contributed by atoms with E-state index >= 15 is 0 Å². The Morgan fingerprint density at radius 2 is 1.60 bits per heavy atom. The molecule has 0 spiro atoms. The monoisotopic (exact) mass is 213 g/mol. The minimum absolute atomic E-state index is 0.0432. The molecule has 2 aliphatic carbocycles. The van der Waals surface area contributed by atoms with Gasteiger partial charge in [-0.25, -0.2) is 0 Å². The number of hydrogen-bond acceptors (Lipinski definition) is 3. The first kappa shape index (κ1) is 11.4. The Kier molecular flexibility index (Phi) is 4.00. The van der Waals surface area contributed by atoms with Crippen LogP contribution >= 0.6 is 0 Å². The Balaban J connectivity index is 1.85. The second-order valence-electron chi connectivity index (χ2n) is 5.01. The summed E-state index contributed by atoms with van der Waals surface area (Å²) in [6, 6.07) is 0.195. The van der Waals surface area contributed by atoms with Gasteiger partial charge in [0.2, 0.25) is 0 Å². The van der Waals surface area contributed by atoms with Crippen LogP contribution in [0.2, 0.25) is 0 Å². The van der Waals surface area contributed by atoms with E-state index in [4.69, 9.17) is 10.5 Å². The lowest BCUT2D eigenvalue weighted by atomic mass is 10.1. The molecule has 0 aromatic carbocycles. The highest BCUT2D eigenvalue weighted by atomic mass is 16.5. The molecule has 0 aromatic rings. The predicted molar refractivity (Wildman–Crippen MR) is 59.6 cm³/mol. The molecule has 4 atom stereocenters. The van der Waals surface area contributed by atoms with Crippen molar-refractivity contribution in [3.63, 3.8) is 0 Å². The molecule has 0 aliphatic heterocycles. The van der Waals surface area contributed by atoms with Gasteiger partial charge in [-0.2, -0.15) is 0 Å². The lowest BCUT2D eigenvalue weighted by Crippen LogP contribution is -2.38. The molecule has 3 nitrogen and oxygen atoms in total. The van der Waals surface area contributed by atoms with Gasteiger partial charge in [0.1, 0.15) is 0 Å². The molecule has 4 unspecified atom stereocenters. The van der Waals surface area contributed by atoms with E-state index < -0.39 is 0 Å². The lowest BCUT2D eigenvalue weighted by molar-refractivity contribution is -0.0808. The highest BCUT2D eigenvalue weighted by Gasteiger charge is 2.30. The van der Waals surface area contributed by atoms with Crippen LogP contribution in [0.25, 0.3) is 0 Å². The molecule has 0 saturated heterocycles. The third-order valence-electron chi connectivity index (χ3n) is 3.77. The van der Waals surface area contributed by atoms with E-state index in [9.17, 15) is 5.11 Å². The first-order valence-electron chi connectivity index (χ1n) is 6.36. The minimum atomic E-state index is -0.264. The summed E-state index contributed by atoms with van der Waals surface area (Å²) >= 11 is 0. The van der Waals surface area contributed by atoms with Crippen molar-refractivity contribution >= 4 is 0 Å². The van der Waals surface area contributed by atoms with Crippen molar-refractivity contribution in [3.05, 3.63) is 0 Å². The highest BCUT2D eigenvalue weighted by Crippen LogP contribution is 2.27. The van der Waals surface area contributed by atoms with Crippen LogP contribution in [-0.4, -0.2) is 29.5 Å². The van der Waals surface area contributed by atoms with E-state index in [1.807, 2.05) is 0 Å². The molecule has 2 rings (SSSR count). The van der Waals surface area contributed by atoms with Gasteiger partial charge in [0.25, 0.3) is 0 Å². The van der Waals surface area contributed by atoms with Gasteiger partial charge in [-0.05, 0) is 32.1 Å². The van der Waals surface area contributed by atoms with Crippen LogP contribution in [-0.2, 0) is 4.74 Å². The smallest absolute Gasteiger partial charge is 0.0838 e. The number of nitrogens with two attached hydrogens (primary N) is 1. The Morgan fingerprint density at radius 3 is 2.33 bits per heavy atom. The van der Waals surface area contributed by atoms with E-state index in [1.54, 1.807) is 0 Å². The quantitative estimate of drug-likeness (QED) is 0.685. The molecular weight excluding hydrogens is 190 g/mol. The lowest BCUT2D eigenvalue weighted by Gasteiger charge is -2.26. The molecule has 0 radical (unpaired) electrons. The van der Waals surface area contributed by atoms with E-state index in [0.29, 0.717) is 0 Å². The van der Waals surface area contributed by atoms with Crippen LogP contribution in [0.3, 0.4) is 0 Å². The Hall–Kier alpha value is -0.120. The first-order valence-corrected chi connectivity index (χ1v) is 6.36. The fraction of sp³-hybridized carbons (Fsp3) is 1.00. The average molecular weight is 213 g/mol. The Bertz CT molecular complexity index is 198. The maximum atomic E-state index is 9.93. The third-order valence-corrected chi connectivity index (χ3v) is 3.77. The Morgan fingerprint density at radius 1 is 0.867 bits per heavy atom. The minimum Gasteiger partial charge on any atom is -0.390 e. The van der Waals surface area contributed by atoms with Crippen LogP contribution in [0.1, 0.15) is 51.4 Å². The molecule has 3 heteroatoms. The van der Waals surface area contributed by atoms with Crippen LogP contribution < -0.4 is 5.73 Å². The van der Waals surface area contributed by atoms with Crippen LogP contribution in [0.4, 0.5) is 0 Å². The summed E-state index contributed by atoms with van der Waals surface area (Å²) in [5.74, 6) is 0. The van der Waals surface area contributed by atoms with E-state index in [-0.39, 0.29) is 24.4 Å². The fourth-order valence-electron chi connectivity index (χ4n) is 2.76. The van der Waals surface area contributed by atoms with E-state index in [1.165, 1.54) is 19.3 Å². The third kappa shape index (κ3) is 2.92. The maximum absolute atomic E-state index is 9.93. The Labute approximate surface area is 92.0 Å². The average Bonchev–Trinajstić information content (AvgIpc) is 2.50. The van der Waals surface area contributed by atoms with Crippen molar-refractivity contribution < 1.29 is 9.84 Å². The molecule has 2 fully saturated rings. The molecule has 2 aliphatic rings. The number of aliphatic hydroxyl groups is 1. The van der Waals surface area contributed by atoms with Crippen molar-refractivity contribution in [3.8, 4) is 0 Å². The highest BCUT2D eigenvalue weighted by molar-refractivity contribution is 4.84. The topological polar surface area (TPSA) is 55.5 Å². The van der Waals surface area contributed by atoms with Gasteiger partial charge < -0.3 is 15.6 Å². The van der Waals surface area contributed by atoms with Crippen molar-refractivity contribution in [1.29, 1.82) is 0 Å².